The Labute approximate surface area is 332 Å². The zero-order chi connectivity index (χ0) is 37.7. The van der Waals surface area contributed by atoms with Crippen LogP contribution in [-0.4, -0.2) is 0 Å². The van der Waals surface area contributed by atoms with Gasteiger partial charge in [-0.3, -0.25) is 0 Å². The second-order valence-corrected chi connectivity index (χ2v) is 16.5. The average Bonchev–Trinajstić information content (AvgIpc) is 4.11. The monoisotopic (exact) mass is 742 g/mol. The van der Waals surface area contributed by atoms with Gasteiger partial charge < -0.3 is 13.3 Å². The van der Waals surface area contributed by atoms with Crippen molar-refractivity contribution < 1.29 is 13.3 Å². The fraction of sp³-hybridized carbons (Fsp3) is 0.0909. The molecule has 0 N–H and O–H groups in total. The molecule has 0 radical (unpaired) electrons. The predicted molar refractivity (Wildman–Crippen MR) is 239 cm³/mol. The van der Waals surface area contributed by atoms with Crippen molar-refractivity contribution in [1.29, 1.82) is 0 Å². The maximum absolute atomic E-state index is 7.05. The highest BCUT2D eigenvalue weighted by atomic mass is 16.3. The van der Waals surface area contributed by atoms with E-state index in [2.05, 4.69) is 133 Å². The first-order chi connectivity index (χ1) is 28.7. The number of para-hydroxylation sites is 2. The lowest BCUT2D eigenvalue weighted by Crippen LogP contribution is -2.20. The summed E-state index contributed by atoms with van der Waals surface area (Å²) in [5.74, 6) is 0. The van der Waals surface area contributed by atoms with Crippen LogP contribution in [-0.2, 0) is 5.41 Å². The summed E-state index contributed by atoms with van der Waals surface area (Å²) in [5.41, 5.74) is 15.9. The largest absolute Gasteiger partial charge is 0.456 e. The van der Waals surface area contributed by atoms with Gasteiger partial charge in [0.1, 0.15) is 33.5 Å². The molecule has 0 saturated heterocycles. The minimum atomic E-state index is 0.106. The molecule has 2 aliphatic rings. The van der Waals surface area contributed by atoms with Crippen molar-refractivity contribution in [3.05, 3.63) is 169 Å². The average molecular weight is 743 g/mol. The van der Waals surface area contributed by atoms with Crippen LogP contribution in [0.3, 0.4) is 0 Å². The van der Waals surface area contributed by atoms with Gasteiger partial charge >= 0.3 is 0 Å². The van der Waals surface area contributed by atoms with Crippen molar-refractivity contribution >= 4 is 87.4 Å². The lowest BCUT2D eigenvalue weighted by atomic mass is 9.76. The summed E-state index contributed by atoms with van der Waals surface area (Å²) in [6.07, 6.45) is 4.97. The first-order valence-electron chi connectivity index (χ1n) is 20.5. The topological polar surface area (TPSA) is 39.4 Å². The summed E-state index contributed by atoms with van der Waals surface area (Å²) in [5, 5.41) is 11.6. The van der Waals surface area contributed by atoms with E-state index in [-0.39, 0.29) is 5.41 Å². The Balaban J connectivity index is 1.02. The number of fused-ring (bicyclic) bond motifs is 18. The van der Waals surface area contributed by atoms with Gasteiger partial charge in [-0.25, -0.2) is 0 Å². The molecule has 1 saturated carbocycles. The van der Waals surface area contributed by atoms with Gasteiger partial charge in [0.05, 0.1) is 0 Å². The summed E-state index contributed by atoms with van der Waals surface area (Å²) < 4.78 is 20.0. The number of rotatable bonds is 2. The molecule has 58 heavy (non-hydrogen) atoms. The first kappa shape index (κ1) is 31.0. The summed E-state index contributed by atoms with van der Waals surface area (Å²) in [4.78, 5) is 0. The van der Waals surface area contributed by atoms with Crippen LogP contribution in [0, 0.1) is 0 Å². The first-order valence-corrected chi connectivity index (χ1v) is 20.5. The zero-order valence-corrected chi connectivity index (χ0v) is 31.6. The van der Waals surface area contributed by atoms with Gasteiger partial charge in [-0.1, -0.05) is 134 Å². The van der Waals surface area contributed by atoms with E-state index in [4.69, 9.17) is 13.3 Å². The molecule has 0 bridgehead atoms. The molecule has 3 nitrogen and oxygen atoms in total. The van der Waals surface area contributed by atoms with Crippen LogP contribution < -0.4 is 0 Å². The molecule has 3 aromatic heterocycles. The van der Waals surface area contributed by atoms with Crippen molar-refractivity contribution in [2.24, 2.45) is 0 Å². The van der Waals surface area contributed by atoms with E-state index in [1.54, 1.807) is 0 Å². The molecule has 0 amide bonds. The van der Waals surface area contributed by atoms with Crippen molar-refractivity contribution in [2.45, 2.75) is 31.1 Å². The van der Waals surface area contributed by atoms with Crippen molar-refractivity contribution in [1.82, 2.24) is 0 Å². The van der Waals surface area contributed by atoms with Gasteiger partial charge in [0, 0.05) is 48.9 Å². The van der Waals surface area contributed by atoms with Gasteiger partial charge in [-0.15, -0.1) is 0 Å². The fourth-order valence-electron chi connectivity index (χ4n) is 11.5. The predicted octanol–water partition coefficient (Wildman–Crippen LogP) is 15.9. The van der Waals surface area contributed by atoms with Crippen LogP contribution in [0.5, 0.6) is 0 Å². The highest BCUT2D eigenvalue weighted by molar-refractivity contribution is 6.28. The Morgan fingerprint density at radius 1 is 0.345 bits per heavy atom. The third-order valence-corrected chi connectivity index (χ3v) is 13.8. The second-order valence-electron chi connectivity index (χ2n) is 16.5. The van der Waals surface area contributed by atoms with Crippen LogP contribution in [0.25, 0.3) is 121 Å². The number of hydrogen-bond acceptors (Lipinski definition) is 3. The van der Waals surface area contributed by atoms with E-state index in [0.29, 0.717) is 0 Å². The number of hydrogen-bond donors (Lipinski definition) is 0. The molecule has 12 aromatic rings. The normalized spacial score (nSPS) is 14.8. The van der Waals surface area contributed by atoms with Crippen LogP contribution >= 0.6 is 0 Å². The summed E-state index contributed by atoms with van der Waals surface area (Å²) in [6.45, 7) is 0. The Kier molecular flexibility index (Phi) is 5.92. The quantitative estimate of drug-likeness (QED) is 0.166. The SMILES string of the molecule is c1ccc2c(c1)-c1c(ccc3oc4c(-c5c6ccccc6c(-c6ccc7c(c6)oc6ccc8oc9ccccc9c8c67)c6ccccc56)cccc4c13)C21CCCC1. The lowest BCUT2D eigenvalue weighted by molar-refractivity contribution is 0.550. The Morgan fingerprint density at radius 2 is 0.914 bits per heavy atom. The molecular weight excluding hydrogens is 709 g/mol. The molecule has 272 valence electrons. The van der Waals surface area contributed by atoms with E-state index in [1.807, 2.05) is 24.3 Å². The van der Waals surface area contributed by atoms with Crippen LogP contribution in [0.1, 0.15) is 36.8 Å². The standard InChI is InChI=1S/C55H34O3/c1-3-14-34-32(12-1)48(31-22-23-38-47(30-31)57-45-27-26-44-51(52(38)45)37-17-6-8-21-43(37)56-44)33-13-2-4-15-35(33)49(34)39-18-11-19-40-53-46(58-54(39)40)25-24-42-50(53)36-16-5-7-20-41(36)55(42)28-9-10-29-55/h1-8,11-27,30H,9-10,28-29H2. The third kappa shape index (κ3) is 3.84. The molecule has 0 atom stereocenters. The van der Waals surface area contributed by atoms with E-state index in [0.717, 1.165) is 66.2 Å². The second kappa shape index (κ2) is 11.1. The molecule has 9 aromatic carbocycles. The number of benzene rings is 9. The molecule has 0 aliphatic heterocycles. The van der Waals surface area contributed by atoms with E-state index in [9.17, 15) is 0 Å². The van der Waals surface area contributed by atoms with Crippen LogP contribution in [0.2, 0.25) is 0 Å². The third-order valence-electron chi connectivity index (χ3n) is 13.8. The Bertz CT molecular complexity index is 3690. The van der Waals surface area contributed by atoms with Crippen molar-refractivity contribution in [3.63, 3.8) is 0 Å². The van der Waals surface area contributed by atoms with Crippen molar-refractivity contribution in [3.8, 4) is 33.4 Å². The van der Waals surface area contributed by atoms with E-state index < -0.39 is 0 Å². The molecular formula is C55H34O3. The molecule has 1 spiro atoms. The summed E-state index contributed by atoms with van der Waals surface area (Å²) in [7, 11) is 0. The Morgan fingerprint density at radius 3 is 1.67 bits per heavy atom. The molecule has 14 rings (SSSR count). The lowest BCUT2D eigenvalue weighted by Gasteiger charge is -2.26. The number of furan rings is 3. The van der Waals surface area contributed by atoms with Gasteiger partial charge in [0.15, 0.2) is 0 Å². The molecule has 3 heterocycles. The highest BCUT2D eigenvalue weighted by Crippen LogP contribution is 2.59. The molecule has 1 fully saturated rings. The van der Waals surface area contributed by atoms with E-state index in [1.165, 1.54) is 91.4 Å². The van der Waals surface area contributed by atoms with Gasteiger partial charge in [-0.2, -0.15) is 0 Å². The smallest absolute Gasteiger partial charge is 0.143 e. The molecule has 3 heteroatoms. The minimum absolute atomic E-state index is 0.106. The fourth-order valence-corrected chi connectivity index (χ4v) is 11.5. The molecule has 2 aliphatic carbocycles. The van der Waals surface area contributed by atoms with Gasteiger partial charge in [0.2, 0.25) is 0 Å². The summed E-state index contributed by atoms with van der Waals surface area (Å²) in [6, 6.07) is 57.3. The van der Waals surface area contributed by atoms with Crippen LogP contribution in [0.4, 0.5) is 0 Å². The Hall–Kier alpha value is -7.10. The van der Waals surface area contributed by atoms with E-state index >= 15 is 0 Å². The van der Waals surface area contributed by atoms with Crippen molar-refractivity contribution in [2.75, 3.05) is 0 Å². The summed E-state index contributed by atoms with van der Waals surface area (Å²) >= 11 is 0. The maximum atomic E-state index is 7.05. The van der Waals surface area contributed by atoms with Gasteiger partial charge in [-0.05, 0) is 104 Å². The van der Waals surface area contributed by atoms with Gasteiger partial charge in [0.25, 0.3) is 0 Å². The zero-order valence-electron chi connectivity index (χ0n) is 31.6. The maximum Gasteiger partial charge on any atom is 0.143 e. The minimum Gasteiger partial charge on any atom is -0.456 e. The molecule has 0 unspecified atom stereocenters. The van der Waals surface area contributed by atoms with Crippen LogP contribution in [0.15, 0.2) is 171 Å². The highest BCUT2D eigenvalue weighted by Gasteiger charge is 2.46.